The van der Waals surface area contributed by atoms with E-state index in [0.717, 1.165) is 17.7 Å². The first kappa shape index (κ1) is 18.7. The molecule has 0 amide bonds. The maximum atomic E-state index is 4.49. The molecule has 0 atom stereocenters. The van der Waals surface area contributed by atoms with Gasteiger partial charge < -0.3 is 5.32 Å². The molecule has 0 saturated heterocycles. The first-order valence-electron chi connectivity index (χ1n) is 8.84. The Bertz CT molecular complexity index is 460. The van der Waals surface area contributed by atoms with Crippen molar-refractivity contribution in [1.29, 1.82) is 0 Å². The summed E-state index contributed by atoms with van der Waals surface area (Å²) in [5.74, 6) is 0. The fraction of sp³-hybridized carbons (Fsp3) is 0.684. The lowest BCUT2D eigenvalue weighted by molar-refractivity contribution is 0.462. The lowest BCUT2D eigenvalue weighted by Crippen LogP contribution is -2.24. The zero-order valence-electron chi connectivity index (χ0n) is 15.1. The summed E-state index contributed by atoms with van der Waals surface area (Å²) in [5.41, 5.74) is 4.77. The monoisotopic (exact) mass is 303 g/mol. The molecule has 1 saturated carbocycles. The Morgan fingerprint density at radius 1 is 1.23 bits per heavy atom. The van der Waals surface area contributed by atoms with E-state index in [1.165, 1.54) is 49.8 Å². The van der Waals surface area contributed by atoms with Crippen LogP contribution in [0.5, 0.6) is 0 Å². The Labute approximate surface area is 136 Å². The molecular weight excluding hydrogens is 270 g/mol. The molecule has 0 spiro atoms. The van der Waals surface area contributed by atoms with Crippen molar-refractivity contribution in [1.82, 2.24) is 4.98 Å². The number of nitrogens with zero attached hydrogens (tertiary/aromatic N) is 2. The number of pyridine rings is 1. The smallest absolute Gasteiger partial charge is 0.0497 e. The van der Waals surface area contributed by atoms with E-state index in [4.69, 9.17) is 0 Å². The molecule has 1 aliphatic carbocycles. The van der Waals surface area contributed by atoms with Gasteiger partial charge in [-0.05, 0) is 31.7 Å². The van der Waals surface area contributed by atoms with Gasteiger partial charge in [0.2, 0.25) is 0 Å². The van der Waals surface area contributed by atoms with Crippen molar-refractivity contribution in [3.63, 3.8) is 0 Å². The highest BCUT2D eigenvalue weighted by atomic mass is 14.9. The minimum absolute atomic E-state index is 0.616. The van der Waals surface area contributed by atoms with Crippen LogP contribution in [0.2, 0.25) is 0 Å². The van der Waals surface area contributed by atoms with Gasteiger partial charge in [0.15, 0.2) is 0 Å². The molecule has 0 unspecified atom stereocenters. The molecule has 1 heterocycles. The molecule has 3 nitrogen and oxygen atoms in total. The van der Waals surface area contributed by atoms with Crippen molar-refractivity contribution in [3.05, 3.63) is 23.0 Å². The van der Waals surface area contributed by atoms with Gasteiger partial charge in [-0.1, -0.05) is 46.5 Å². The maximum Gasteiger partial charge on any atom is 0.0497 e. The van der Waals surface area contributed by atoms with Crippen molar-refractivity contribution in [2.24, 2.45) is 4.99 Å². The zero-order valence-corrected chi connectivity index (χ0v) is 15.1. The Morgan fingerprint density at radius 3 is 2.41 bits per heavy atom. The summed E-state index contributed by atoms with van der Waals surface area (Å²) in [6, 6.07) is 0.616. The van der Waals surface area contributed by atoms with Gasteiger partial charge >= 0.3 is 0 Å². The summed E-state index contributed by atoms with van der Waals surface area (Å²) in [6.07, 6.45) is 12.9. The van der Waals surface area contributed by atoms with E-state index in [9.17, 15) is 0 Å². The Hall–Kier alpha value is -1.38. The second kappa shape index (κ2) is 10.4. The van der Waals surface area contributed by atoms with E-state index in [1.807, 2.05) is 19.5 Å². The third kappa shape index (κ3) is 5.43. The van der Waals surface area contributed by atoms with Crippen molar-refractivity contribution in [3.8, 4) is 0 Å². The van der Waals surface area contributed by atoms with Crippen LogP contribution in [0.1, 0.15) is 76.1 Å². The van der Waals surface area contributed by atoms with Crippen molar-refractivity contribution in [2.45, 2.75) is 78.7 Å². The SMILES string of the molecule is CCC.CCc1cnc(C)c(C=NC)c1NC1CCCCC1. The third-order valence-electron chi connectivity index (χ3n) is 3.99. The lowest BCUT2D eigenvalue weighted by atomic mass is 9.94. The van der Waals surface area contributed by atoms with Crippen molar-refractivity contribution in [2.75, 3.05) is 12.4 Å². The molecule has 1 aliphatic rings. The molecular formula is C19H33N3. The van der Waals surface area contributed by atoms with Gasteiger partial charge in [-0.15, -0.1) is 0 Å². The Balaban J connectivity index is 0.000000745. The van der Waals surface area contributed by atoms with Crippen LogP contribution in [0, 0.1) is 6.92 Å². The van der Waals surface area contributed by atoms with E-state index in [1.54, 1.807) is 0 Å². The van der Waals surface area contributed by atoms with E-state index >= 15 is 0 Å². The van der Waals surface area contributed by atoms with E-state index < -0.39 is 0 Å². The molecule has 1 aromatic heterocycles. The normalized spacial score (nSPS) is 15.5. The highest BCUT2D eigenvalue weighted by molar-refractivity contribution is 5.90. The van der Waals surface area contributed by atoms with Gasteiger partial charge in [-0.25, -0.2) is 0 Å². The summed E-state index contributed by atoms with van der Waals surface area (Å²) in [4.78, 5) is 8.68. The summed E-state index contributed by atoms with van der Waals surface area (Å²) in [6.45, 7) is 8.49. The van der Waals surface area contributed by atoms with Crippen LogP contribution >= 0.6 is 0 Å². The van der Waals surface area contributed by atoms with Crippen LogP contribution in [-0.2, 0) is 6.42 Å². The van der Waals surface area contributed by atoms with E-state index in [2.05, 4.69) is 43.0 Å². The fourth-order valence-corrected chi connectivity index (χ4v) is 2.84. The quantitative estimate of drug-likeness (QED) is 0.780. The first-order chi connectivity index (χ1) is 10.7. The van der Waals surface area contributed by atoms with Gasteiger partial charge in [0.1, 0.15) is 0 Å². The average molecular weight is 303 g/mol. The molecule has 3 heteroatoms. The van der Waals surface area contributed by atoms with Gasteiger partial charge in [-0.2, -0.15) is 0 Å². The number of aliphatic imine (C=N–C) groups is 1. The first-order valence-corrected chi connectivity index (χ1v) is 8.84. The number of hydrogen-bond acceptors (Lipinski definition) is 3. The molecule has 0 aromatic carbocycles. The number of aromatic nitrogens is 1. The van der Waals surface area contributed by atoms with Crippen LogP contribution in [0.15, 0.2) is 11.2 Å². The maximum absolute atomic E-state index is 4.49. The minimum Gasteiger partial charge on any atom is -0.381 e. The molecule has 1 fully saturated rings. The van der Waals surface area contributed by atoms with E-state index in [-0.39, 0.29) is 0 Å². The summed E-state index contributed by atoms with van der Waals surface area (Å²) < 4.78 is 0. The molecule has 1 aromatic rings. The van der Waals surface area contributed by atoms with Crippen LogP contribution in [0.3, 0.4) is 0 Å². The second-order valence-electron chi connectivity index (χ2n) is 6.08. The third-order valence-corrected chi connectivity index (χ3v) is 3.99. The predicted molar refractivity (Wildman–Crippen MR) is 98.3 cm³/mol. The van der Waals surface area contributed by atoms with Crippen LogP contribution in [-0.4, -0.2) is 24.3 Å². The number of anilines is 1. The molecule has 0 bridgehead atoms. The van der Waals surface area contributed by atoms with Crippen LogP contribution < -0.4 is 5.32 Å². The Kier molecular flexibility index (Phi) is 8.79. The van der Waals surface area contributed by atoms with Crippen LogP contribution in [0.4, 0.5) is 5.69 Å². The van der Waals surface area contributed by atoms with Crippen molar-refractivity contribution >= 4 is 11.9 Å². The predicted octanol–water partition coefficient (Wildman–Crippen LogP) is 5.16. The van der Waals surface area contributed by atoms with E-state index in [0.29, 0.717) is 6.04 Å². The van der Waals surface area contributed by atoms with Gasteiger partial charge in [0, 0.05) is 42.4 Å². The minimum atomic E-state index is 0.616. The fourth-order valence-electron chi connectivity index (χ4n) is 2.84. The molecule has 0 aliphatic heterocycles. The van der Waals surface area contributed by atoms with Crippen LogP contribution in [0.25, 0.3) is 0 Å². The largest absolute Gasteiger partial charge is 0.381 e. The summed E-state index contributed by atoms with van der Waals surface area (Å²) >= 11 is 0. The number of hydrogen-bond donors (Lipinski definition) is 1. The Morgan fingerprint density at radius 2 is 1.86 bits per heavy atom. The molecule has 0 radical (unpaired) electrons. The molecule has 22 heavy (non-hydrogen) atoms. The topological polar surface area (TPSA) is 37.3 Å². The molecule has 124 valence electrons. The zero-order chi connectivity index (χ0) is 16.4. The lowest BCUT2D eigenvalue weighted by Gasteiger charge is -2.26. The number of rotatable bonds is 4. The molecule has 1 N–H and O–H groups in total. The number of nitrogens with one attached hydrogen (secondary N) is 1. The average Bonchev–Trinajstić information content (AvgIpc) is 2.53. The highest BCUT2D eigenvalue weighted by Gasteiger charge is 2.17. The van der Waals surface area contributed by atoms with Crippen molar-refractivity contribution < 1.29 is 0 Å². The summed E-state index contributed by atoms with van der Waals surface area (Å²) in [7, 11) is 1.82. The number of aryl methyl sites for hydroxylation is 2. The second-order valence-corrected chi connectivity index (χ2v) is 6.08. The van der Waals surface area contributed by atoms with Gasteiger partial charge in [0.25, 0.3) is 0 Å². The van der Waals surface area contributed by atoms with Gasteiger partial charge in [0.05, 0.1) is 0 Å². The van der Waals surface area contributed by atoms with Gasteiger partial charge in [-0.3, -0.25) is 9.98 Å². The molecule has 2 rings (SSSR count). The summed E-state index contributed by atoms with van der Waals surface area (Å²) in [5, 5.41) is 3.76. The standard InChI is InChI=1S/C16H25N3.C3H8/c1-4-13-10-18-12(2)15(11-17-3)16(13)19-14-8-6-5-7-9-14;1-3-2/h10-11,14H,4-9H2,1-3H3,(H,18,19);3H2,1-2H3. The highest BCUT2D eigenvalue weighted by Crippen LogP contribution is 2.27.